The number of thiazole rings is 1. The van der Waals surface area contributed by atoms with Crippen molar-refractivity contribution < 1.29 is 19.8 Å². The molecule has 1 saturated heterocycles. The number of carboxylic acid groups (broad SMARTS) is 1. The maximum Gasteiger partial charge on any atom is 0.326 e. The number of aliphatic carboxylic acids is 1. The van der Waals surface area contributed by atoms with Gasteiger partial charge in [-0.1, -0.05) is 0 Å². The van der Waals surface area contributed by atoms with E-state index in [1.807, 2.05) is 0 Å². The normalized spacial score (nSPS) is 23.4. The zero-order valence-corrected chi connectivity index (χ0v) is 10.9. The number of aliphatic hydroxyl groups excluding tert-OH is 1. The van der Waals surface area contributed by atoms with Gasteiger partial charge in [0.1, 0.15) is 10.9 Å². The highest BCUT2D eigenvalue weighted by molar-refractivity contribution is 7.13. The number of likely N-dealkylation sites (tertiary alicyclic amines) is 1. The van der Waals surface area contributed by atoms with Crippen molar-refractivity contribution in [2.24, 2.45) is 0 Å². The summed E-state index contributed by atoms with van der Waals surface area (Å²) in [7, 11) is 0. The van der Waals surface area contributed by atoms with Gasteiger partial charge in [-0.05, 0) is 13.8 Å². The summed E-state index contributed by atoms with van der Waals surface area (Å²) in [5.41, 5.74) is 0.605. The lowest BCUT2D eigenvalue weighted by atomic mass is 10.2. The minimum atomic E-state index is -1.08. The molecule has 1 aromatic heterocycles. The van der Waals surface area contributed by atoms with Gasteiger partial charge in [-0.25, -0.2) is 9.78 Å². The number of aliphatic hydroxyl groups is 1. The summed E-state index contributed by atoms with van der Waals surface area (Å²) in [4.78, 5) is 29.2. The Balaban J connectivity index is 2.28. The predicted octanol–water partition coefficient (Wildman–Crippen LogP) is 0.420. The number of carbonyl (C=O) groups is 2. The van der Waals surface area contributed by atoms with Crippen LogP contribution in [0.2, 0.25) is 0 Å². The number of hydrogen-bond donors (Lipinski definition) is 2. The van der Waals surface area contributed by atoms with Crippen LogP contribution in [0, 0.1) is 13.8 Å². The van der Waals surface area contributed by atoms with Crippen molar-refractivity contribution in [1.82, 2.24) is 9.88 Å². The Labute approximate surface area is 108 Å². The van der Waals surface area contributed by atoms with Crippen LogP contribution in [0.25, 0.3) is 0 Å². The predicted molar refractivity (Wildman–Crippen MR) is 64.7 cm³/mol. The lowest BCUT2D eigenvalue weighted by Crippen LogP contribution is -2.40. The molecule has 1 aliphatic rings. The van der Waals surface area contributed by atoms with Crippen molar-refractivity contribution in [3.8, 4) is 0 Å². The van der Waals surface area contributed by atoms with Crippen LogP contribution in [-0.4, -0.2) is 50.7 Å². The fourth-order valence-electron chi connectivity index (χ4n) is 2.13. The van der Waals surface area contributed by atoms with Crippen LogP contribution in [0.15, 0.2) is 0 Å². The van der Waals surface area contributed by atoms with E-state index in [1.165, 1.54) is 16.2 Å². The van der Waals surface area contributed by atoms with Crippen LogP contribution in [0.4, 0.5) is 0 Å². The summed E-state index contributed by atoms with van der Waals surface area (Å²) in [6, 6.07) is -0.950. The van der Waals surface area contributed by atoms with Gasteiger partial charge >= 0.3 is 5.97 Å². The smallest absolute Gasteiger partial charge is 0.326 e. The van der Waals surface area contributed by atoms with Gasteiger partial charge < -0.3 is 15.1 Å². The molecule has 98 valence electrons. The van der Waals surface area contributed by atoms with Crippen LogP contribution < -0.4 is 0 Å². The van der Waals surface area contributed by atoms with E-state index in [0.29, 0.717) is 10.6 Å². The highest BCUT2D eigenvalue weighted by atomic mass is 32.1. The average molecular weight is 270 g/mol. The van der Waals surface area contributed by atoms with Crippen molar-refractivity contribution in [3.05, 3.63) is 15.6 Å². The highest BCUT2D eigenvalue weighted by Crippen LogP contribution is 2.25. The SMILES string of the molecule is Cc1nc(C)c(C(=O)N2C[C@H](O)C[C@H]2C(=O)O)s1. The van der Waals surface area contributed by atoms with Gasteiger partial charge in [-0.15, -0.1) is 11.3 Å². The number of amides is 1. The lowest BCUT2D eigenvalue weighted by molar-refractivity contribution is -0.141. The van der Waals surface area contributed by atoms with Gasteiger partial charge in [-0.2, -0.15) is 0 Å². The molecule has 2 N–H and O–H groups in total. The Hall–Kier alpha value is -1.47. The standard InChI is InChI=1S/C11H14N2O4S/c1-5-9(18-6(2)12-5)10(15)13-4-7(14)3-8(13)11(16)17/h7-8,14H,3-4H2,1-2H3,(H,16,17)/t7-,8+/m1/s1. The molecular weight excluding hydrogens is 256 g/mol. The molecule has 7 heteroatoms. The number of carbonyl (C=O) groups excluding carboxylic acids is 1. The van der Waals surface area contributed by atoms with E-state index in [9.17, 15) is 14.7 Å². The number of aryl methyl sites for hydroxylation is 2. The molecule has 0 unspecified atom stereocenters. The second kappa shape index (κ2) is 4.66. The van der Waals surface area contributed by atoms with E-state index in [-0.39, 0.29) is 18.9 Å². The fraction of sp³-hybridized carbons (Fsp3) is 0.545. The Bertz CT molecular complexity index is 499. The highest BCUT2D eigenvalue weighted by Gasteiger charge is 2.40. The summed E-state index contributed by atoms with van der Waals surface area (Å²) < 4.78 is 0. The Morgan fingerprint density at radius 3 is 2.61 bits per heavy atom. The number of nitrogens with zero attached hydrogens (tertiary/aromatic N) is 2. The molecular formula is C11H14N2O4S. The molecule has 2 atom stereocenters. The summed E-state index contributed by atoms with van der Waals surface area (Å²) in [6.45, 7) is 3.58. The van der Waals surface area contributed by atoms with Gasteiger partial charge in [0.2, 0.25) is 0 Å². The van der Waals surface area contributed by atoms with Gasteiger partial charge in [0.05, 0.1) is 16.8 Å². The molecule has 1 aromatic rings. The third-order valence-electron chi connectivity index (χ3n) is 2.92. The molecule has 1 amide bonds. The van der Waals surface area contributed by atoms with E-state index >= 15 is 0 Å². The van der Waals surface area contributed by atoms with Crippen molar-refractivity contribution >= 4 is 23.2 Å². The molecule has 0 spiro atoms. The minimum absolute atomic E-state index is 0.0617. The van der Waals surface area contributed by atoms with Crippen LogP contribution in [0.5, 0.6) is 0 Å². The average Bonchev–Trinajstić information content (AvgIpc) is 2.81. The van der Waals surface area contributed by atoms with Crippen LogP contribution in [-0.2, 0) is 4.79 Å². The number of aromatic nitrogens is 1. The Kier molecular flexibility index (Phi) is 3.36. The molecule has 0 radical (unpaired) electrons. The van der Waals surface area contributed by atoms with Crippen molar-refractivity contribution in [1.29, 1.82) is 0 Å². The molecule has 2 heterocycles. The van der Waals surface area contributed by atoms with Gasteiger partial charge in [0, 0.05) is 13.0 Å². The van der Waals surface area contributed by atoms with Crippen molar-refractivity contribution in [2.45, 2.75) is 32.4 Å². The van der Waals surface area contributed by atoms with Crippen LogP contribution in [0.1, 0.15) is 26.8 Å². The topological polar surface area (TPSA) is 90.7 Å². The second-order valence-electron chi connectivity index (χ2n) is 4.35. The first-order chi connectivity index (χ1) is 8.40. The quantitative estimate of drug-likeness (QED) is 0.812. The number of carboxylic acids is 1. The van der Waals surface area contributed by atoms with E-state index in [0.717, 1.165) is 5.01 Å². The van der Waals surface area contributed by atoms with E-state index in [4.69, 9.17) is 5.11 Å². The zero-order valence-electron chi connectivity index (χ0n) is 10.1. The van der Waals surface area contributed by atoms with Crippen LogP contribution >= 0.6 is 11.3 Å². The van der Waals surface area contributed by atoms with Gasteiger partial charge in [-0.3, -0.25) is 4.79 Å². The summed E-state index contributed by atoms with van der Waals surface area (Å²) >= 11 is 1.25. The molecule has 0 aromatic carbocycles. The van der Waals surface area contributed by atoms with E-state index < -0.39 is 18.1 Å². The third-order valence-corrected chi connectivity index (χ3v) is 3.98. The first-order valence-electron chi connectivity index (χ1n) is 5.56. The molecule has 2 rings (SSSR count). The molecule has 1 aliphatic heterocycles. The number of hydrogen-bond acceptors (Lipinski definition) is 5. The first kappa shape index (κ1) is 13.0. The lowest BCUT2D eigenvalue weighted by Gasteiger charge is -2.20. The van der Waals surface area contributed by atoms with Crippen molar-refractivity contribution in [2.75, 3.05) is 6.54 Å². The minimum Gasteiger partial charge on any atom is -0.480 e. The second-order valence-corrected chi connectivity index (χ2v) is 5.55. The largest absolute Gasteiger partial charge is 0.480 e. The number of β-amino-alcohol motifs (C(OH)–C–C–N with tert-alkyl or cyclic N) is 1. The van der Waals surface area contributed by atoms with E-state index in [2.05, 4.69) is 4.98 Å². The molecule has 0 saturated carbocycles. The number of rotatable bonds is 2. The van der Waals surface area contributed by atoms with E-state index in [1.54, 1.807) is 13.8 Å². The summed E-state index contributed by atoms with van der Waals surface area (Å²) in [5, 5.41) is 19.3. The Morgan fingerprint density at radius 1 is 1.44 bits per heavy atom. The maximum absolute atomic E-state index is 12.3. The zero-order chi connectivity index (χ0) is 13.4. The summed E-state index contributed by atoms with van der Waals surface area (Å²) in [6.07, 6.45) is -0.692. The van der Waals surface area contributed by atoms with Gasteiger partial charge in [0.15, 0.2) is 0 Å². The van der Waals surface area contributed by atoms with Crippen molar-refractivity contribution in [3.63, 3.8) is 0 Å². The molecule has 1 fully saturated rings. The molecule has 0 aliphatic carbocycles. The Morgan fingerprint density at radius 2 is 2.11 bits per heavy atom. The first-order valence-corrected chi connectivity index (χ1v) is 6.37. The third kappa shape index (κ3) is 2.23. The molecule has 6 nitrogen and oxygen atoms in total. The maximum atomic E-state index is 12.3. The monoisotopic (exact) mass is 270 g/mol. The van der Waals surface area contributed by atoms with Gasteiger partial charge in [0.25, 0.3) is 5.91 Å². The fourth-order valence-corrected chi connectivity index (χ4v) is 3.01. The van der Waals surface area contributed by atoms with Crippen LogP contribution in [0.3, 0.4) is 0 Å². The molecule has 18 heavy (non-hydrogen) atoms. The summed E-state index contributed by atoms with van der Waals surface area (Å²) in [5.74, 6) is -1.44. The molecule has 0 bridgehead atoms.